The predicted octanol–water partition coefficient (Wildman–Crippen LogP) is 1.46. The minimum Gasteiger partial charge on any atom is -0.479 e. The molecule has 2 heterocycles. The summed E-state index contributed by atoms with van der Waals surface area (Å²) < 4.78 is 7.26. The number of carboxylic acid groups (broad SMARTS) is 1. The molecular formula is C11H16N2O3. The second-order valence-corrected chi connectivity index (χ2v) is 4.01. The lowest BCUT2D eigenvalue weighted by Crippen LogP contribution is -2.26. The number of aryl methyl sites for hydroxylation is 2. The first-order valence-corrected chi connectivity index (χ1v) is 5.67. The van der Waals surface area contributed by atoms with Crippen LogP contribution in [0.1, 0.15) is 31.9 Å². The van der Waals surface area contributed by atoms with Crippen molar-refractivity contribution in [2.75, 3.05) is 0 Å². The maximum absolute atomic E-state index is 10.8. The van der Waals surface area contributed by atoms with Crippen LogP contribution in [0.15, 0.2) is 6.07 Å². The number of hydrogen-bond acceptors (Lipinski definition) is 3. The van der Waals surface area contributed by atoms with Gasteiger partial charge in [0, 0.05) is 18.3 Å². The quantitative estimate of drug-likeness (QED) is 0.841. The molecule has 1 aromatic heterocycles. The zero-order chi connectivity index (χ0) is 11.5. The first-order valence-electron chi connectivity index (χ1n) is 5.67. The molecule has 5 heteroatoms. The summed E-state index contributed by atoms with van der Waals surface area (Å²) in [7, 11) is 0. The van der Waals surface area contributed by atoms with E-state index in [2.05, 4.69) is 5.10 Å². The van der Waals surface area contributed by atoms with Crippen LogP contribution in [0.25, 0.3) is 0 Å². The van der Waals surface area contributed by atoms with Gasteiger partial charge < -0.3 is 9.84 Å². The SMILES string of the molecule is CC[C@@H](Oc1cc2n(n1)CCCC2)C(=O)O. The summed E-state index contributed by atoms with van der Waals surface area (Å²) >= 11 is 0. The van der Waals surface area contributed by atoms with E-state index in [9.17, 15) is 4.79 Å². The van der Waals surface area contributed by atoms with Gasteiger partial charge in [-0.3, -0.25) is 4.68 Å². The molecule has 0 spiro atoms. The predicted molar refractivity (Wildman–Crippen MR) is 57.5 cm³/mol. The second-order valence-electron chi connectivity index (χ2n) is 4.01. The van der Waals surface area contributed by atoms with E-state index >= 15 is 0 Å². The Morgan fingerprint density at radius 3 is 3.12 bits per heavy atom. The van der Waals surface area contributed by atoms with Crippen molar-refractivity contribution in [3.63, 3.8) is 0 Å². The molecule has 0 radical (unpaired) electrons. The monoisotopic (exact) mass is 224 g/mol. The third kappa shape index (κ3) is 2.18. The van der Waals surface area contributed by atoms with E-state index < -0.39 is 12.1 Å². The van der Waals surface area contributed by atoms with Crippen LogP contribution in [-0.4, -0.2) is 27.0 Å². The van der Waals surface area contributed by atoms with Crippen LogP contribution in [0.4, 0.5) is 0 Å². The van der Waals surface area contributed by atoms with Gasteiger partial charge in [-0.25, -0.2) is 4.79 Å². The van der Waals surface area contributed by atoms with E-state index in [0.717, 1.165) is 25.1 Å². The third-order valence-electron chi connectivity index (χ3n) is 2.80. The average molecular weight is 224 g/mol. The van der Waals surface area contributed by atoms with Crippen LogP contribution < -0.4 is 4.74 Å². The Kier molecular flexibility index (Phi) is 3.12. The molecule has 0 saturated heterocycles. The smallest absolute Gasteiger partial charge is 0.344 e. The molecule has 16 heavy (non-hydrogen) atoms. The molecule has 0 aromatic carbocycles. The Balaban J connectivity index is 2.09. The molecule has 0 aliphatic carbocycles. The number of rotatable bonds is 4. The van der Waals surface area contributed by atoms with Crippen LogP contribution in [0.3, 0.4) is 0 Å². The molecule has 5 nitrogen and oxygen atoms in total. The van der Waals surface area contributed by atoms with Gasteiger partial charge in [0.25, 0.3) is 0 Å². The number of fused-ring (bicyclic) bond motifs is 1. The summed E-state index contributed by atoms with van der Waals surface area (Å²) in [6.07, 6.45) is 2.94. The Bertz CT molecular complexity index is 363. The highest BCUT2D eigenvalue weighted by Gasteiger charge is 2.20. The van der Waals surface area contributed by atoms with Crippen LogP contribution in [0.2, 0.25) is 0 Å². The lowest BCUT2D eigenvalue weighted by molar-refractivity contribution is -0.145. The number of hydrogen-bond donors (Lipinski definition) is 1. The van der Waals surface area contributed by atoms with Gasteiger partial charge in [-0.1, -0.05) is 6.92 Å². The van der Waals surface area contributed by atoms with Gasteiger partial charge >= 0.3 is 5.97 Å². The van der Waals surface area contributed by atoms with Crippen molar-refractivity contribution in [1.82, 2.24) is 9.78 Å². The maximum atomic E-state index is 10.8. The number of carbonyl (C=O) groups is 1. The molecule has 1 aliphatic rings. The third-order valence-corrected chi connectivity index (χ3v) is 2.80. The summed E-state index contributed by atoms with van der Waals surface area (Å²) in [5.74, 6) is -0.500. The van der Waals surface area contributed by atoms with Gasteiger partial charge in [0.05, 0.1) is 0 Å². The van der Waals surface area contributed by atoms with Crippen LogP contribution in [0, 0.1) is 0 Å². The van der Waals surface area contributed by atoms with Crippen LogP contribution in [-0.2, 0) is 17.8 Å². The van der Waals surface area contributed by atoms with Crippen LogP contribution >= 0.6 is 0 Å². The van der Waals surface area contributed by atoms with Gasteiger partial charge in [-0.15, -0.1) is 5.10 Å². The van der Waals surface area contributed by atoms with Gasteiger partial charge in [-0.05, 0) is 25.7 Å². The molecule has 0 unspecified atom stereocenters. The number of ether oxygens (including phenoxy) is 1. The molecule has 1 N–H and O–H groups in total. The lowest BCUT2D eigenvalue weighted by atomic mass is 10.1. The number of aromatic nitrogens is 2. The highest BCUT2D eigenvalue weighted by molar-refractivity contribution is 5.72. The molecule has 1 aromatic rings. The van der Waals surface area contributed by atoms with E-state index in [0.29, 0.717) is 12.3 Å². The highest BCUT2D eigenvalue weighted by atomic mass is 16.5. The standard InChI is InChI=1S/C11H16N2O3/c1-2-9(11(14)15)16-10-7-8-5-3-4-6-13(8)12-10/h7,9H,2-6H2,1H3,(H,14,15)/t9-/m1/s1. The average Bonchev–Trinajstić information content (AvgIpc) is 2.67. The summed E-state index contributed by atoms with van der Waals surface area (Å²) in [4.78, 5) is 10.8. The fraction of sp³-hybridized carbons (Fsp3) is 0.636. The summed E-state index contributed by atoms with van der Waals surface area (Å²) in [6, 6.07) is 1.85. The number of carboxylic acids is 1. The minimum atomic E-state index is -0.937. The zero-order valence-electron chi connectivity index (χ0n) is 9.35. The van der Waals surface area contributed by atoms with Crippen molar-refractivity contribution >= 4 is 5.97 Å². The lowest BCUT2D eigenvalue weighted by Gasteiger charge is -2.11. The minimum absolute atomic E-state index is 0.436. The highest BCUT2D eigenvalue weighted by Crippen LogP contribution is 2.20. The van der Waals surface area contributed by atoms with Crippen molar-refractivity contribution in [2.24, 2.45) is 0 Å². The summed E-state index contributed by atoms with van der Waals surface area (Å²) in [5.41, 5.74) is 1.14. The molecule has 0 bridgehead atoms. The van der Waals surface area contributed by atoms with E-state index in [4.69, 9.17) is 9.84 Å². The fourth-order valence-electron chi connectivity index (χ4n) is 1.90. The second kappa shape index (κ2) is 4.55. The Hall–Kier alpha value is -1.52. The Labute approximate surface area is 94.0 Å². The molecule has 0 saturated carbocycles. The maximum Gasteiger partial charge on any atom is 0.344 e. The molecular weight excluding hydrogens is 208 g/mol. The zero-order valence-corrected chi connectivity index (χ0v) is 9.35. The molecule has 0 fully saturated rings. The number of aliphatic carboxylic acids is 1. The van der Waals surface area contributed by atoms with E-state index in [1.807, 2.05) is 10.7 Å². The molecule has 1 aliphatic heterocycles. The van der Waals surface area contributed by atoms with Crippen molar-refractivity contribution in [2.45, 2.75) is 45.3 Å². The Morgan fingerprint density at radius 1 is 1.69 bits per heavy atom. The molecule has 1 atom stereocenters. The molecule has 0 amide bonds. The Morgan fingerprint density at radius 2 is 2.50 bits per heavy atom. The van der Waals surface area contributed by atoms with Crippen molar-refractivity contribution in [3.8, 4) is 5.88 Å². The summed E-state index contributed by atoms with van der Waals surface area (Å²) in [5, 5.41) is 13.1. The largest absolute Gasteiger partial charge is 0.479 e. The number of nitrogens with zero attached hydrogens (tertiary/aromatic N) is 2. The first-order chi connectivity index (χ1) is 7.70. The topological polar surface area (TPSA) is 64.4 Å². The van der Waals surface area contributed by atoms with E-state index in [1.54, 1.807) is 6.92 Å². The van der Waals surface area contributed by atoms with Crippen LogP contribution in [0.5, 0.6) is 5.88 Å². The summed E-state index contributed by atoms with van der Waals surface area (Å²) in [6.45, 7) is 2.69. The van der Waals surface area contributed by atoms with Crippen molar-refractivity contribution in [1.29, 1.82) is 0 Å². The van der Waals surface area contributed by atoms with Gasteiger partial charge in [-0.2, -0.15) is 0 Å². The molecule has 2 rings (SSSR count). The first kappa shape index (κ1) is 11.0. The molecule has 88 valence electrons. The van der Waals surface area contributed by atoms with Crippen molar-refractivity contribution < 1.29 is 14.6 Å². The van der Waals surface area contributed by atoms with Gasteiger partial charge in [0.2, 0.25) is 5.88 Å². The van der Waals surface area contributed by atoms with Gasteiger partial charge in [0.15, 0.2) is 6.10 Å². The van der Waals surface area contributed by atoms with Gasteiger partial charge in [0.1, 0.15) is 0 Å². The normalized spacial score (nSPS) is 16.6. The van der Waals surface area contributed by atoms with E-state index in [-0.39, 0.29) is 0 Å². The van der Waals surface area contributed by atoms with Crippen molar-refractivity contribution in [3.05, 3.63) is 11.8 Å². The van der Waals surface area contributed by atoms with E-state index in [1.165, 1.54) is 6.42 Å². The fourth-order valence-corrected chi connectivity index (χ4v) is 1.90.